The number of carbonyl (C=O) groups excluding carboxylic acids is 1. The molecule has 1 unspecified atom stereocenters. The SMILES string of the molecule is CC(C)N(C(=O)CC(C#N)C(=O)O)C(C)C. The minimum absolute atomic E-state index is 0.000591. The molecule has 0 bridgehead atoms. The Morgan fingerprint density at radius 1 is 1.25 bits per heavy atom. The zero-order valence-electron chi connectivity index (χ0n) is 10.1. The summed E-state index contributed by atoms with van der Waals surface area (Å²) in [6.07, 6.45) is -0.262. The zero-order chi connectivity index (χ0) is 12.9. The highest BCUT2D eigenvalue weighted by atomic mass is 16.4. The van der Waals surface area contributed by atoms with Crippen LogP contribution in [0.5, 0.6) is 0 Å². The highest BCUT2D eigenvalue weighted by Gasteiger charge is 2.26. The van der Waals surface area contributed by atoms with E-state index >= 15 is 0 Å². The predicted molar refractivity (Wildman–Crippen MR) is 58.5 cm³/mol. The lowest BCUT2D eigenvalue weighted by atomic mass is 10.1. The van der Waals surface area contributed by atoms with Crippen LogP contribution in [0.2, 0.25) is 0 Å². The monoisotopic (exact) mass is 226 g/mol. The zero-order valence-corrected chi connectivity index (χ0v) is 10.1. The maximum atomic E-state index is 11.8. The van der Waals surface area contributed by atoms with Gasteiger partial charge in [-0.2, -0.15) is 5.26 Å². The molecule has 90 valence electrons. The molecule has 0 fully saturated rings. The second kappa shape index (κ2) is 6.11. The largest absolute Gasteiger partial charge is 0.480 e. The number of amides is 1. The molecule has 0 aliphatic carbocycles. The fraction of sp³-hybridized carbons (Fsp3) is 0.727. The van der Waals surface area contributed by atoms with Gasteiger partial charge < -0.3 is 10.0 Å². The molecule has 16 heavy (non-hydrogen) atoms. The van der Waals surface area contributed by atoms with Crippen molar-refractivity contribution in [1.29, 1.82) is 5.26 Å². The molecule has 0 aromatic rings. The van der Waals surface area contributed by atoms with Crippen LogP contribution in [0.1, 0.15) is 34.1 Å². The molecule has 0 radical (unpaired) electrons. The van der Waals surface area contributed by atoms with Gasteiger partial charge in [0.25, 0.3) is 0 Å². The Kier molecular flexibility index (Phi) is 5.51. The lowest BCUT2D eigenvalue weighted by Crippen LogP contribution is -2.43. The van der Waals surface area contributed by atoms with Gasteiger partial charge in [-0.05, 0) is 27.7 Å². The number of carbonyl (C=O) groups is 2. The molecular weight excluding hydrogens is 208 g/mol. The summed E-state index contributed by atoms with van der Waals surface area (Å²) in [5.74, 6) is -2.80. The average Bonchev–Trinajstić information content (AvgIpc) is 2.12. The van der Waals surface area contributed by atoms with E-state index in [0.717, 1.165) is 0 Å². The van der Waals surface area contributed by atoms with Crippen molar-refractivity contribution in [2.45, 2.75) is 46.2 Å². The molecule has 0 saturated heterocycles. The van der Waals surface area contributed by atoms with E-state index in [9.17, 15) is 9.59 Å². The molecule has 0 aromatic heterocycles. The predicted octanol–water partition coefficient (Wildman–Crippen LogP) is 1.25. The van der Waals surface area contributed by atoms with E-state index in [1.165, 1.54) is 0 Å². The van der Waals surface area contributed by atoms with Crippen LogP contribution in [0, 0.1) is 17.2 Å². The van der Waals surface area contributed by atoms with Crippen molar-refractivity contribution in [3.8, 4) is 6.07 Å². The van der Waals surface area contributed by atoms with Gasteiger partial charge in [-0.25, -0.2) is 0 Å². The van der Waals surface area contributed by atoms with Crippen LogP contribution >= 0.6 is 0 Å². The van der Waals surface area contributed by atoms with Gasteiger partial charge in [-0.15, -0.1) is 0 Å². The molecule has 0 rings (SSSR count). The Morgan fingerprint density at radius 2 is 1.69 bits per heavy atom. The number of nitriles is 1. The third kappa shape index (κ3) is 3.89. The van der Waals surface area contributed by atoms with E-state index in [1.54, 1.807) is 11.0 Å². The van der Waals surface area contributed by atoms with E-state index in [-0.39, 0.29) is 24.4 Å². The Bertz CT molecular complexity index is 297. The van der Waals surface area contributed by atoms with Crippen LogP contribution in [-0.4, -0.2) is 34.0 Å². The van der Waals surface area contributed by atoms with Crippen LogP contribution in [0.4, 0.5) is 0 Å². The second-order valence-corrected chi connectivity index (χ2v) is 4.21. The molecule has 1 N–H and O–H groups in total. The molecular formula is C11H18N2O3. The number of carboxylic acid groups (broad SMARTS) is 1. The van der Waals surface area contributed by atoms with Crippen molar-refractivity contribution in [3.05, 3.63) is 0 Å². The smallest absolute Gasteiger partial charge is 0.321 e. The molecule has 5 nitrogen and oxygen atoms in total. The van der Waals surface area contributed by atoms with Gasteiger partial charge in [-0.3, -0.25) is 9.59 Å². The first kappa shape index (κ1) is 14.4. The minimum atomic E-state index is -1.26. The standard InChI is InChI=1S/C11H18N2O3/c1-7(2)13(8(3)4)10(14)5-9(6-12)11(15)16/h7-9H,5H2,1-4H3,(H,15,16). The van der Waals surface area contributed by atoms with Crippen molar-refractivity contribution in [2.75, 3.05) is 0 Å². The lowest BCUT2D eigenvalue weighted by Gasteiger charge is -2.31. The highest BCUT2D eigenvalue weighted by Crippen LogP contribution is 2.12. The van der Waals surface area contributed by atoms with Crippen molar-refractivity contribution in [1.82, 2.24) is 4.90 Å². The van der Waals surface area contributed by atoms with E-state index in [2.05, 4.69) is 0 Å². The minimum Gasteiger partial charge on any atom is -0.480 e. The van der Waals surface area contributed by atoms with Gasteiger partial charge in [0.15, 0.2) is 5.92 Å². The summed E-state index contributed by atoms with van der Waals surface area (Å²) in [6, 6.07) is 1.62. The van der Waals surface area contributed by atoms with Crippen LogP contribution in [0.3, 0.4) is 0 Å². The van der Waals surface area contributed by atoms with Gasteiger partial charge in [0.05, 0.1) is 12.5 Å². The number of aliphatic carboxylic acids is 1. The van der Waals surface area contributed by atoms with Gasteiger partial charge in [0, 0.05) is 12.1 Å². The summed E-state index contributed by atoms with van der Waals surface area (Å²) in [5.41, 5.74) is 0. The van der Waals surface area contributed by atoms with E-state index in [4.69, 9.17) is 10.4 Å². The van der Waals surface area contributed by atoms with Crippen LogP contribution < -0.4 is 0 Å². The molecule has 0 aliphatic heterocycles. The summed E-state index contributed by atoms with van der Waals surface area (Å²) < 4.78 is 0. The summed E-state index contributed by atoms with van der Waals surface area (Å²) in [5, 5.41) is 17.3. The Morgan fingerprint density at radius 3 is 1.94 bits per heavy atom. The van der Waals surface area contributed by atoms with Crippen molar-refractivity contribution >= 4 is 11.9 Å². The van der Waals surface area contributed by atoms with Crippen LogP contribution in [0.15, 0.2) is 0 Å². The maximum Gasteiger partial charge on any atom is 0.321 e. The van der Waals surface area contributed by atoms with Gasteiger partial charge in [0.1, 0.15) is 0 Å². The molecule has 0 saturated carbocycles. The number of hydrogen-bond acceptors (Lipinski definition) is 3. The number of rotatable bonds is 5. The molecule has 0 aliphatic rings. The van der Waals surface area contributed by atoms with Crippen molar-refractivity contribution in [3.63, 3.8) is 0 Å². The van der Waals surface area contributed by atoms with Gasteiger partial charge in [-0.1, -0.05) is 0 Å². The van der Waals surface area contributed by atoms with Gasteiger partial charge in [0.2, 0.25) is 5.91 Å². The maximum absolute atomic E-state index is 11.8. The third-order valence-electron chi connectivity index (χ3n) is 2.23. The van der Waals surface area contributed by atoms with E-state index in [0.29, 0.717) is 0 Å². The highest BCUT2D eigenvalue weighted by molar-refractivity contribution is 5.84. The number of nitrogens with zero attached hydrogens (tertiary/aromatic N) is 2. The summed E-state index contributed by atoms with van der Waals surface area (Å²) >= 11 is 0. The molecule has 0 aromatic carbocycles. The summed E-state index contributed by atoms with van der Waals surface area (Å²) in [7, 11) is 0. The van der Waals surface area contributed by atoms with Crippen molar-refractivity contribution < 1.29 is 14.7 Å². The molecule has 1 atom stereocenters. The molecule has 5 heteroatoms. The first-order valence-electron chi connectivity index (χ1n) is 5.24. The quantitative estimate of drug-likeness (QED) is 0.764. The van der Waals surface area contributed by atoms with E-state index in [1.807, 2.05) is 27.7 Å². The summed E-state index contributed by atoms with van der Waals surface area (Å²) in [6.45, 7) is 7.44. The molecule has 0 spiro atoms. The third-order valence-corrected chi connectivity index (χ3v) is 2.23. The lowest BCUT2D eigenvalue weighted by molar-refractivity contribution is -0.145. The molecule has 1 amide bonds. The van der Waals surface area contributed by atoms with E-state index < -0.39 is 11.9 Å². The topological polar surface area (TPSA) is 81.4 Å². The van der Waals surface area contributed by atoms with Gasteiger partial charge >= 0.3 is 5.97 Å². The van der Waals surface area contributed by atoms with Crippen molar-refractivity contribution in [2.24, 2.45) is 5.92 Å². The first-order chi connectivity index (χ1) is 7.31. The van der Waals surface area contributed by atoms with Crippen LogP contribution in [0.25, 0.3) is 0 Å². The second-order valence-electron chi connectivity index (χ2n) is 4.21. The normalized spacial score (nSPS) is 12.3. The summed E-state index contributed by atoms with van der Waals surface area (Å²) in [4.78, 5) is 24.0. The van der Waals surface area contributed by atoms with Crippen LogP contribution in [-0.2, 0) is 9.59 Å². The Balaban J connectivity index is 4.66. The Labute approximate surface area is 95.7 Å². The number of carboxylic acids is 1. The molecule has 0 heterocycles. The first-order valence-corrected chi connectivity index (χ1v) is 5.24. The average molecular weight is 226 g/mol. The fourth-order valence-electron chi connectivity index (χ4n) is 1.64. The Hall–Kier alpha value is -1.57. The number of hydrogen-bond donors (Lipinski definition) is 1. The fourth-order valence-corrected chi connectivity index (χ4v) is 1.64.